The van der Waals surface area contributed by atoms with Crippen molar-refractivity contribution in [2.75, 3.05) is 6.54 Å². The maximum atomic E-state index is 5.96. The third kappa shape index (κ3) is 3.13. The molecule has 2 rings (SSSR count). The first-order valence-corrected chi connectivity index (χ1v) is 7.63. The first-order chi connectivity index (χ1) is 9.32. The van der Waals surface area contributed by atoms with Crippen LogP contribution in [0.1, 0.15) is 49.2 Å². The van der Waals surface area contributed by atoms with Crippen LogP contribution < -0.4 is 5.73 Å². The number of aromatic nitrogens is 2. The molecular formula is C16H22BrN3. The summed E-state index contributed by atoms with van der Waals surface area (Å²) in [4.78, 5) is 7.62. The molecule has 0 fully saturated rings. The molecule has 0 aliphatic heterocycles. The van der Waals surface area contributed by atoms with Gasteiger partial charge in [0.25, 0.3) is 0 Å². The highest BCUT2D eigenvalue weighted by molar-refractivity contribution is 9.10. The molecule has 0 bridgehead atoms. The smallest absolute Gasteiger partial charge is 0.115 e. The molecule has 108 valence electrons. The van der Waals surface area contributed by atoms with Crippen LogP contribution in [0, 0.1) is 6.92 Å². The molecule has 1 aromatic heterocycles. The predicted molar refractivity (Wildman–Crippen MR) is 87.1 cm³/mol. The maximum Gasteiger partial charge on any atom is 0.115 e. The average Bonchev–Trinajstić information content (AvgIpc) is 2.77. The lowest BCUT2D eigenvalue weighted by Crippen LogP contribution is -2.17. The van der Waals surface area contributed by atoms with Crippen molar-refractivity contribution < 1.29 is 0 Å². The Balaban J connectivity index is 2.41. The van der Waals surface area contributed by atoms with E-state index in [1.807, 2.05) is 0 Å². The first kappa shape index (κ1) is 15.3. The van der Waals surface area contributed by atoms with Crippen LogP contribution in [0.15, 0.2) is 29.0 Å². The van der Waals surface area contributed by atoms with E-state index in [1.165, 1.54) is 16.7 Å². The summed E-state index contributed by atoms with van der Waals surface area (Å²) < 4.78 is 0.884. The Morgan fingerprint density at radius 1 is 1.35 bits per heavy atom. The van der Waals surface area contributed by atoms with E-state index < -0.39 is 0 Å². The van der Waals surface area contributed by atoms with E-state index >= 15 is 0 Å². The normalized spacial score (nSPS) is 13.5. The van der Waals surface area contributed by atoms with Gasteiger partial charge in [-0.2, -0.15) is 0 Å². The minimum absolute atomic E-state index is 0.107. The van der Waals surface area contributed by atoms with Gasteiger partial charge in [-0.1, -0.05) is 39.0 Å². The van der Waals surface area contributed by atoms with Gasteiger partial charge in [0.2, 0.25) is 0 Å². The molecule has 0 saturated heterocycles. The van der Waals surface area contributed by atoms with Crippen LogP contribution in [0.25, 0.3) is 0 Å². The van der Waals surface area contributed by atoms with E-state index in [0.29, 0.717) is 6.54 Å². The summed E-state index contributed by atoms with van der Waals surface area (Å²) >= 11 is 3.40. The second-order valence-electron chi connectivity index (χ2n) is 6.23. The number of halogens is 1. The van der Waals surface area contributed by atoms with Gasteiger partial charge in [0, 0.05) is 6.54 Å². The molecule has 1 heterocycles. The molecule has 1 unspecified atom stereocenters. The van der Waals surface area contributed by atoms with Gasteiger partial charge in [-0.15, -0.1) is 0 Å². The Morgan fingerprint density at radius 2 is 2.05 bits per heavy atom. The Labute approximate surface area is 129 Å². The summed E-state index contributed by atoms with van der Waals surface area (Å²) in [6.07, 6.45) is 1.77. The number of aryl methyl sites for hydroxylation is 1. The van der Waals surface area contributed by atoms with Gasteiger partial charge < -0.3 is 10.7 Å². The Hall–Kier alpha value is -1.13. The van der Waals surface area contributed by atoms with Crippen molar-refractivity contribution in [3.63, 3.8) is 0 Å². The van der Waals surface area contributed by atoms with Gasteiger partial charge in [-0.25, -0.2) is 4.98 Å². The summed E-state index contributed by atoms with van der Waals surface area (Å²) in [6.45, 7) is 9.36. The lowest BCUT2D eigenvalue weighted by Gasteiger charge is -2.22. The highest BCUT2D eigenvalue weighted by Gasteiger charge is 2.20. The number of hydrogen-bond acceptors (Lipinski definition) is 2. The molecule has 0 saturated carbocycles. The quantitative estimate of drug-likeness (QED) is 0.894. The molecule has 0 aliphatic carbocycles. The second-order valence-corrected chi connectivity index (χ2v) is 7.08. The van der Waals surface area contributed by atoms with Crippen molar-refractivity contribution in [3.8, 4) is 0 Å². The number of hydrogen-bond donors (Lipinski definition) is 2. The third-order valence-electron chi connectivity index (χ3n) is 3.64. The van der Waals surface area contributed by atoms with Crippen LogP contribution in [-0.2, 0) is 5.41 Å². The standard InChI is InChI=1S/C16H22BrN3/c1-10-7-11(16(2,3)4)5-6-12(10)13(8-18)15-19-9-14(17)20-15/h5-7,9,13H,8,18H2,1-4H3,(H,19,20). The van der Waals surface area contributed by atoms with Crippen molar-refractivity contribution in [1.29, 1.82) is 0 Å². The van der Waals surface area contributed by atoms with E-state index in [4.69, 9.17) is 5.73 Å². The maximum absolute atomic E-state index is 5.96. The SMILES string of the molecule is Cc1cc(C(C)(C)C)ccc1C(CN)c1ncc(Br)[nH]1. The number of rotatable bonds is 3. The Morgan fingerprint density at radius 3 is 2.50 bits per heavy atom. The fourth-order valence-corrected chi connectivity index (χ4v) is 2.71. The number of nitrogens with zero attached hydrogens (tertiary/aromatic N) is 1. The van der Waals surface area contributed by atoms with Crippen molar-refractivity contribution >= 4 is 15.9 Å². The number of benzene rings is 1. The number of H-pyrrole nitrogens is 1. The van der Waals surface area contributed by atoms with Gasteiger partial charge in [0.1, 0.15) is 10.4 Å². The average molecular weight is 336 g/mol. The zero-order chi connectivity index (χ0) is 14.9. The van der Waals surface area contributed by atoms with Gasteiger partial charge in [-0.05, 0) is 45.0 Å². The molecule has 1 atom stereocenters. The van der Waals surface area contributed by atoms with E-state index in [1.54, 1.807) is 6.20 Å². The van der Waals surface area contributed by atoms with Crippen LogP contribution in [-0.4, -0.2) is 16.5 Å². The zero-order valence-electron chi connectivity index (χ0n) is 12.5. The number of aromatic amines is 1. The fourth-order valence-electron chi connectivity index (χ4n) is 2.41. The summed E-state index contributed by atoms with van der Waals surface area (Å²) in [6, 6.07) is 6.64. The van der Waals surface area contributed by atoms with Gasteiger partial charge >= 0.3 is 0 Å². The molecule has 20 heavy (non-hydrogen) atoms. The van der Waals surface area contributed by atoms with Crippen molar-refractivity contribution in [1.82, 2.24) is 9.97 Å². The van der Waals surface area contributed by atoms with Crippen molar-refractivity contribution in [2.45, 2.75) is 39.0 Å². The minimum Gasteiger partial charge on any atom is -0.336 e. The highest BCUT2D eigenvalue weighted by Crippen LogP contribution is 2.29. The molecule has 3 N–H and O–H groups in total. The zero-order valence-corrected chi connectivity index (χ0v) is 14.1. The van der Waals surface area contributed by atoms with Crippen LogP contribution in [0.5, 0.6) is 0 Å². The lowest BCUT2D eigenvalue weighted by atomic mass is 9.83. The molecule has 0 aliphatic rings. The molecule has 0 spiro atoms. The number of nitrogens with one attached hydrogen (secondary N) is 1. The Bertz CT molecular complexity index is 596. The van der Waals surface area contributed by atoms with Gasteiger partial charge in [0.05, 0.1) is 12.1 Å². The van der Waals surface area contributed by atoms with Crippen LogP contribution in [0.2, 0.25) is 0 Å². The summed E-state index contributed by atoms with van der Waals surface area (Å²) in [5, 5.41) is 0. The second kappa shape index (κ2) is 5.70. The van der Waals surface area contributed by atoms with Gasteiger partial charge in [0.15, 0.2) is 0 Å². The summed E-state index contributed by atoms with van der Waals surface area (Å²) in [5.41, 5.74) is 9.97. The van der Waals surface area contributed by atoms with Crippen LogP contribution in [0.4, 0.5) is 0 Å². The van der Waals surface area contributed by atoms with E-state index in [0.717, 1.165) is 10.4 Å². The third-order valence-corrected chi connectivity index (χ3v) is 4.04. The summed E-state index contributed by atoms with van der Waals surface area (Å²) in [7, 11) is 0. The fraction of sp³-hybridized carbons (Fsp3) is 0.438. The Kier molecular flexibility index (Phi) is 4.35. The topological polar surface area (TPSA) is 54.7 Å². The van der Waals surface area contributed by atoms with Crippen LogP contribution in [0.3, 0.4) is 0 Å². The van der Waals surface area contributed by atoms with Gasteiger partial charge in [-0.3, -0.25) is 0 Å². The summed E-state index contributed by atoms with van der Waals surface area (Å²) in [5.74, 6) is 1.02. The molecule has 2 aromatic rings. The molecule has 1 aromatic carbocycles. The number of imidazole rings is 1. The van der Waals surface area contributed by atoms with Crippen molar-refractivity contribution in [2.24, 2.45) is 5.73 Å². The number of nitrogens with two attached hydrogens (primary N) is 1. The highest BCUT2D eigenvalue weighted by atomic mass is 79.9. The molecule has 0 amide bonds. The van der Waals surface area contributed by atoms with E-state index in [2.05, 4.69) is 71.8 Å². The van der Waals surface area contributed by atoms with Crippen LogP contribution >= 0.6 is 15.9 Å². The minimum atomic E-state index is 0.107. The molecular weight excluding hydrogens is 314 g/mol. The largest absolute Gasteiger partial charge is 0.336 e. The molecule has 4 heteroatoms. The lowest BCUT2D eigenvalue weighted by molar-refractivity contribution is 0.589. The van der Waals surface area contributed by atoms with E-state index in [-0.39, 0.29) is 11.3 Å². The monoisotopic (exact) mass is 335 g/mol. The van der Waals surface area contributed by atoms with E-state index in [9.17, 15) is 0 Å². The predicted octanol–water partition coefficient (Wildman–Crippen LogP) is 3.87. The molecule has 0 radical (unpaired) electrons. The first-order valence-electron chi connectivity index (χ1n) is 6.84. The molecule has 3 nitrogen and oxygen atoms in total. The van der Waals surface area contributed by atoms with Crippen molar-refractivity contribution in [3.05, 3.63) is 51.5 Å².